The molecular formula is C15H10N4O3S2. The third kappa shape index (κ3) is 3.53. The molecule has 0 saturated carbocycles. The van der Waals surface area contributed by atoms with E-state index in [2.05, 4.69) is 15.6 Å². The molecular weight excluding hydrogens is 348 g/mol. The lowest BCUT2D eigenvalue weighted by molar-refractivity contribution is -0.384. The van der Waals surface area contributed by atoms with Crippen LogP contribution in [0.1, 0.15) is 10.4 Å². The Kier molecular flexibility index (Phi) is 4.45. The topological polar surface area (TPSA) is 97.2 Å². The highest BCUT2D eigenvalue weighted by Crippen LogP contribution is 2.25. The maximum absolute atomic E-state index is 12.1. The van der Waals surface area contributed by atoms with Crippen molar-refractivity contribution in [3.8, 4) is 0 Å². The Bertz CT molecular complexity index is 904. The predicted molar refractivity (Wildman–Crippen MR) is 96.4 cm³/mol. The summed E-state index contributed by atoms with van der Waals surface area (Å²) in [7, 11) is 0. The number of carbonyl (C=O) groups excluding carboxylic acids is 1. The molecule has 2 aromatic carbocycles. The highest BCUT2D eigenvalue weighted by Gasteiger charge is 2.12. The van der Waals surface area contributed by atoms with Gasteiger partial charge in [0.1, 0.15) is 0 Å². The molecule has 3 aromatic rings. The second kappa shape index (κ2) is 6.69. The number of carbonyl (C=O) groups is 1. The number of aromatic nitrogens is 1. The van der Waals surface area contributed by atoms with Crippen LogP contribution in [-0.2, 0) is 0 Å². The summed E-state index contributed by atoms with van der Waals surface area (Å²) in [6.45, 7) is 0. The quantitative estimate of drug-likeness (QED) is 0.423. The van der Waals surface area contributed by atoms with Gasteiger partial charge in [-0.1, -0.05) is 23.5 Å². The molecule has 3 rings (SSSR count). The number of nitrogens with zero attached hydrogens (tertiary/aromatic N) is 2. The van der Waals surface area contributed by atoms with Gasteiger partial charge < -0.3 is 5.32 Å². The number of nitro benzene ring substituents is 1. The minimum absolute atomic E-state index is 0.0817. The standard InChI is InChI=1S/C15H10N4O3S2/c20-13(9-5-7-10(8-6-9)19(21)22)17-14(23)18-15-16-11-3-1-2-4-12(11)24-15/h1-8H,(H2,16,17,18,20,23). The van der Waals surface area contributed by atoms with Crippen molar-refractivity contribution in [1.29, 1.82) is 0 Å². The monoisotopic (exact) mass is 358 g/mol. The van der Waals surface area contributed by atoms with Crippen molar-refractivity contribution in [3.05, 3.63) is 64.2 Å². The molecule has 24 heavy (non-hydrogen) atoms. The molecule has 0 unspecified atom stereocenters. The average Bonchev–Trinajstić information content (AvgIpc) is 2.96. The summed E-state index contributed by atoms with van der Waals surface area (Å²) in [5, 5.41) is 16.7. The first-order valence-electron chi connectivity index (χ1n) is 6.75. The van der Waals surface area contributed by atoms with Crippen LogP contribution >= 0.6 is 23.6 Å². The summed E-state index contributed by atoms with van der Waals surface area (Å²) in [5.74, 6) is -0.455. The maximum atomic E-state index is 12.1. The fourth-order valence-corrected chi connectivity index (χ4v) is 3.09. The van der Waals surface area contributed by atoms with E-state index in [0.29, 0.717) is 5.13 Å². The van der Waals surface area contributed by atoms with Gasteiger partial charge in [0.05, 0.1) is 15.1 Å². The predicted octanol–water partition coefficient (Wildman–Crippen LogP) is 3.33. The first kappa shape index (κ1) is 16.0. The summed E-state index contributed by atoms with van der Waals surface area (Å²) < 4.78 is 1.00. The number of amides is 1. The van der Waals surface area contributed by atoms with E-state index in [9.17, 15) is 14.9 Å². The van der Waals surface area contributed by atoms with Crippen molar-refractivity contribution in [1.82, 2.24) is 10.3 Å². The fourth-order valence-electron chi connectivity index (χ4n) is 1.96. The molecule has 0 fully saturated rings. The SMILES string of the molecule is O=C(NC(=S)Nc1nc2ccccc2s1)c1ccc([N+](=O)[O-])cc1. The highest BCUT2D eigenvalue weighted by atomic mass is 32.1. The second-order valence-corrected chi connectivity index (χ2v) is 6.14. The van der Waals surface area contributed by atoms with Crippen molar-refractivity contribution in [2.75, 3.05) is 5.32 Å². The normalized spacial score (nSPS) is 10.3. The van der Waals surface area contributed by atoms with Crippen molar-refractivity contribution in [3.63, 3.8) is 0 Å². The number of anilines is 1. The number of rotatable bonds is 3. The molecule has 0 atom stereocenters. The molecule has 1 heterocycles. The van der Waals surface area contributed by atoms with Crippen LogP contribution in [0.5, 0.6) is 0 Å². The van der Waals surface area contributed by atoms with Gasteiger partial charge in [-0.2, -0.15) is 0 Å². The molecule has 1 aromatic heterocycles. The Morgan fingerprint density at radius 1 is 1.17 bits per heavy atom. The van der Waals surface area contributed by atoms with Gasteiger partial charge in [-0.25, -0.2) is 4.98 Å². The van der Waals surface area contributed by atoms with Gasteiger partial charge in [0.2, 0.25) is 0 Å². The van der Waals surface area contributed by atoms with Crippen molar-refractivity contribution < 1.29 is 9.72 Å². The average molecular weight is 358 g/mol. The van der Waals surface area contributed by atoms with Gasteiger partial charge in [-0.05, 0) is 36.5 Å². The van der Waals surface area contributed by atoms with Gasteiger partial charge >= 0.3 is 0 Å². The molecule has 0 saturated heterocycles. The van der Waals surface area contributed by atoms with Crippen LogP contribution in [0, 0.1) is 10.1 Å². The van der Waals surface area contributed by atoms with Gasteiger partial charge in [-0.3, -0.25) is 20.2 Å². The zero-order chi connectivity index (χ0) is 17.1. The molecule has 120 valence electrons. The van der Waals surface area contributed by atoms with E-state index in [0.717, 1.165) is 10.2 Å². The number of hydrogen-bond donors (Lipinski definition) is 2. The lowest BCUT2D eigenvalue weighted by Gasteiger charge is -2.06. The van der Waals surface area contributed by atoms with Gasteiger partial charge in [0, 0.05) is 17.7 Å². The number of non-ortho nitro benzene ring substituents is 1. The number of para-hydroxylation sites is 1. The van der Waals surface area contributed by atoms with E-state index in [1.54, 1.807) is 0 Å². The number of fused-ring (bicyclic) bond motifs is 1. The summed E-state index contributed by atoms with van der Waals surface area (Å²) in [6, 6.07) is 12.9. The Hall–Kier alpha value is -2.91. The molecule has 9 heteroatoms. The van der Waals surface area contributed by atoms with E-state index in [1.165, 1.54) is 35.6 Å². The van der Waals surface area contributed by atoms with Crippen LogP contribution in [-0.4, -0.2) is 20.9 Å². The molecule has 0 radical (unpaired) electrons. The third-order valence-corrected chi connectivity index (χ3v) is 4.24. The highest BCUT2D eigenvalue weighted by molar-refractivity contribution is 7.80. The fraction of sp³-hybridized carbons (Fsp3) is 0. The first-order chi connectivity index (χ1) is 11.5. The van der Waals surface area contributed by atoms with Gasteiger partial charge in [0.25, 0.3) is 11.6 Å². The van der Waals surface area contributed by atoms with Gasteiger partial charge in [-0.15, -0.1) is 0 Å². The number of thiazole rings is 1. The van der Waals surface area contributed by atoms with E-state index < -0.39 is 10.8 Å². The number of thiocarbonyl (C=S) groups is 1. The molecule has 0 aliphatic heterocycles. The van der Waals surface area contributed by atoms with Crippen LogP contribution in [0.15, 0.2) is 48.5 Å². The van der Waals surface area contributed by atoms with Crippen molar-refractivity contribution in [2.24, 2.45) is 0 Å². The smallest absolute Gasteiger partial charge is 0.269 e. The summed E-state index contributed by atoms with van der Waals surface area (Å²) in [6.07, 6.45) is 0. The van der Waals surface area contributed by atoms with Crippen molar-refractivity contribution in [2.45, 2.75) is 0 Å². The Morgan fingerprint density at radius 3 is 2.54 bits per heavy atom. The molecule has 0 bridgehead atoms. The van der Waals surface area contributed by atoms with E-state index in [1.807, 2.05) is 24.3 Å². The minimum Gasteiger partial charge on any atom is -0.308 e. The third-order valence-electron chi connectivity index (χ3n) is 3.08. The molecule has 0 aliphatic rings. The number of nitro groups is 1. The van der Waals surface area contributed by atoms with E-state index in [-0.39, 0.29) is 16.4 Å². The number of benzene rings is 2. The lowest BCUT2D eigenvalue weighted by atomic mass is 10.2. The van der Waals surface area contributed by atoms with Crippen LogP contribution in [0.25, 0.3) is 10.2 Å². The lowest BCUT2D eigenvalue weighted by Crippen LogP contribution is -2.34. The van der Waals surface area contributed by atoms with Crippen LogP contribution in [0.3, 0.4) is 0 Å². The summed E-state index contributed by atoms with van der Waals surface area (Å²) in [4.78, 5) is 26.5. The minimum atomic E-state index is -0.527. The van der Waals surface area contributed by atoms with Crippen molar-refractivity contribution >= 4 is 55.6 Å². The summed E-state index contributed by atoms with van der Waals surface area (Å²) >= 11 is 6.52. The van der Waals surface area contributed by atoms with Crippen LogP contribution in [0.2, 0.25) is 0 Å². The van der Waals surface area contributed by atoms with Crippen LogP contribution < -0.4 is 10.6 Å². The first-order valence-corrected chi connectivity index (χ1v) is 7.98. The Balaban J connectivity index is 1.65. The number of nitrogens with one attached hydrogen (secondary N) is 2. The van der Waals surface area contributed by atoms with E-state index >= 15 is 0 Å². The van der Waals surface area contributed by atoms with Crippen LogP contribution in [0.4, 0.5) is 10.8 Å². The zero-order valence-corrected chi connectivity index (χ0v) is 13.7. The molecule has 0 aliphatic carbocycles. The number of hydrogen-bond acceptors (Lipinski definition) is 6. The largest absolute Gasteiger partial charge is 0.308 e. The molecule has 1 amide bonds. The summed E-state index contributed by atoms with van der Waals surface area (Å²) in [5.41, 5.74) is 1.03. The molecule has 7 nitrogen and oxygen atoms in total. The zero-order valence-electron chi connectivity index (χ0n) is 12.1. The molecule has 2 N–H and O–H groups in total. The molecule has 0 spiro atoms. The maximum Gasteiger partial charge on any atom is 0.269 e. The second-order valence-electron chi connectivity index (χ2n) is 4.70. The van der Waals surface area contributed by atoms with E-state index in [4.69, 9.17) is 12.2 Å². The Labute approximate surface area is 145 Å². The Morgan fingerprint density at radius 2 is 1.88 bits per heavy atom. The van der Waals surface area contributed by atoms with Gasteiger partial charge in [0.15, 0.2) is 10.2 Å².